The van der Waals surface area contributed by atoms with E-state index in [2.05, 4.69) is 15.4 Å². The summed E-state index contributed by atoms with van der Waals surface area (Å²) in [7, 11) is 1.84. The van der Waals surface area contributed by atoms with E-state index < -0.39 is 0 Å². The van der Waals surface area contributed by atoms with Gasteiger partial charge < -0.3 is 4.57 Å². The molecular weight excluding hydrogens is 228 g/mol. The van der Waals surface area contributed by atoms with Gasteiger partial charge in [0.15, 0.2) is 0 Å². The molecule has 3 rings (SSSR count). The Kier molecular flexibility index (Phi) is 2.46. The van der Waals surface area contributed by atoms with Crippen LogP contribution in [0.4, 0.5) is 5.95 Å². The van der Waals surface area contributed by atoms with Crippen molar-refractivity contribution in [3.63, 3.8) is 0 Å². The van der Waals surface area contributed by atoms with E-state index in [0.717, 1.165) is 22.3 Å². The topological polar surface area (TPSA) is 63.0 Å². The largest absolute Gasteiger partial charge is 0.312 e. The zero-order valence-electron chi connectivity index (χ0n) is 9.83. The second-order valence-corrected chi connectivity index (χ2v) is 4.03. The molecule has 3 aromatic rings. The van der Waals surface area contributed by atoms with Crippen LogP contribution in [0.3, 0.4) is 0 Å². The van der Waals surface area contributed by atoms with Crippen molar-refractivity contribution in [3.8, 4) is 11.3 Å². The molecule has 0 saturated heterocycles. The van der Waals surface area contributed by atoms with Gasteiger partial charge in [-0.05, 0) is 6.07 Å². The fraction of sp³-hybridized carbons (Fsp3) is 0.0769. The van der Waals surface area contributed by atoms with Crippen LogP contribution in [-0.4, -0.2) is 19.7 Å². The standard InChI is InChI=1S/C13H12N4O/c1-17-12-7-10(9-5-3-2-4-6-9)14-8-11(12)15-13(17)16-18/h2-8,18H,1H3,(H,15,16). The smallest absolute Gasteiger partial charge is 0.227 e. The molecule has 2 N–H and O–H groups in total. The van der Waals surface area contributed by atoms with Crippen LogP contribution in [0.2, 0.25) is 0 Å². The monoisotopic (exact) mass is 240 g/mol. The molecule has 0 unspecified atom stereocenters. The van der Waals surface area contributed by atoms with Crippen molar-refractivity contribution in [2.24, 2.45) is 7.05 Å². The number of pyridine rings is 1. The lowest BCUT2D eigenvalue weighted by Crippen LogP contribution is -1.98. The molecule has 1 aromatic carbocycles. The molecule has 0 bridgehead atoms. The Morgan fingerprint density at radius 2 is 2.00 bits per heavy atom. The number of aryl methyl sites for hydroxylation is 1. The number of rotatable bonds is 2. The molecule has 90 valence electrons. The van der Waals surface area contributed by atoms with Crippen LogP contribution < -0.4 is 5.48 Å². The highest BCUT2D eigenvalue weighted by Crippen LogP contribution is 2.23. The molecule has 0 radical (unpaired) electrons. The summed E-state index contributed by atoms with van der Waals surface area (Å²) in [5.41, 5.74) is 5.67. The Hall–Kier alpha value is -2.40. The highest BCUT2D eigenvalue weighted by atomic mass is 16.5. The van der Waals surface area contributed by atoms with E-state index in [1.54, 1.807) is 10.8 Å². The Labute approximate surface area is 104 Å². The SMILES string of the molecule is Cn1c(NO)nc2cnc(-c3ccccc3)cc21. The zero-order chi connectivity index (χ0) is 12.5. The molecule has 2 heterocycles. The van der Waals surface area contributed by atoms with Crippen LogP contribution in [0.5, 0.6) is 0 Å². The minimum absolute atomic E-state index is 0.400. The maximum Gasteiger partial charge on any atom is 0.227 e. The first-order valence-corrected chi connectivity index (χ1v) is 5.57. The lowest BCUT2D eigenvalue weighted by Gasteiger charge is -2.02. The van der Waals surface area contributed by atoms with Gasteiger partial charge in [0.05, 0.1) is 17.4 Å². The van der Waals surface area contributed by atoms with Gasteiger partial charge in [-0.3, -0.25) is 10.2 Å². The molecule has 0 amide bonds. The van der Waals surface area contributed by atoms with Gasteiger partial charge in [0.2, 0.25) is 5.95 Å². The summed E-state index contributed by atoms with van der Waals surface area (Å²) in [6.07, 6.45) is 1.71. The van der Waals surface area contributed by atoms with Crippen molar-refractivity contribution in [2.45, 2.75) is 0 Å². The van der Waals surface area contributed by atoms with Gasteiger partial charge in [-0.1, -0.05) is 30.3 Å². The maximum atomic E-state index is 8.95. The molecule has 0 spiro atoms. The van der Waals surface area contributed by atoms with Crippen LogP contribution in [0.15, 0.2) is 42.6 Å². The van der Waals surface area contributed by atoms with Crippen molar-refractivity contribution < 1.29 is 5.21 Å². The number of nitrogens with zero attached hydrogens (tertiary/aromatic N) is 3. The number of hydrogen-bond acceptors (Lipinski definition) is 4. The Balaban J connectivity index is 2.19. The van der Waals surface area contributed by atoms with Crippen molar-refractivity contribution in [3.05, 3.63) is 42.6 Å². The van der Waals surface area contributed by atoms with E-state index in [-0.39, 0.29) is 0 Å². The van der Waals surface area contributed by atoms with Crippen LogP contribution in [0.1, 0.15) is 0 Å². The minimum Gasteiger partial charge on any atom is -0.312 e. The van der Waals surface area contributed by atoms with Crippen LogP contribution in [-0.2, 0) is 7.05 Å². The summed E-state index contributed by atoms with van der Waals surface area (Å²) < 4.78 is 1.78. The summed E-state index contributed by atoms with van der Waals surface area (Å²) in [4.78, 5) is 8.59. The number of anilines is 1. The van der Waals surface area contributed by atoms with E-state index in [4.69, 9.17) is 5.21 Å². The van der Waals surface area contributed by atoms with Crippen molar-refractivity contribution in [2.75, 3.05) is 5.48 Å². The molecule has 2 aromatic heterocycles. The highest BCUT2D eigenvalue weighted by molar-refractivity contribution is 5.81. The molecule has 5 heteroatoms. The third kappa shape index (κ3) is 1.61. The second-order valence-electron chi connectivity index (χ2n) is 4.03. The summed E-state index contributed by atoms with van der Waals surface area (Å²) in [6.45, 7) is 0. The number of hydrogen-bond donors (Lipinski definition) is 2. The van der Waals surface area contributed by atoms with E-state index in [1.165, 1.54) is 0 Å². The minimum atomic E-state index is 0.400. The van der Waals surface area contributed by atoms with Gasteiger partial charge in [0.1, 0.15) is 5.52 Å². The number of aromatic nitrogens is 3. The first kappa shape index (κ1) is 10.7. The second kappa shape index (κ2) is 4.12. The van der Waals surface area contributed by atoms with Crippen LogP contribution in [0.25, 0.3) is 22.3 Å². The summed E-state index contributed by atoms with van der Waals surface area (Å²) >= 11 is 0. The number of imidazole rings is 1. The van der Waals surface area contributed by atoms with Gasteiger partial charge >= 0.3 is 0 Å². The van der Waals surface area contributed by atoms with Crippen molar-refractivity contribution >= 4 is 17.0 Å². The predicted molar refractivity (Wildman–Crippen MR) is 69.4 cm³/mol. The molecule has 0 aliphatic rings. The van der Waals surface area contributed by atoms with Crippen LogP contribution in [0, 0.1) is 0 Å². The quantitative estimate of drug-likeness (QED) is 0.675. The fourth-order valence-corrected chi connectivity index (χ4v) is 1.96. The molecule has 0 fully saturated rings. The molecule has 0 aliphatic carbocycles. The van der Waals surface area contributed by atoms with Crippen molar-refractivity contribution in [1.29, 1.82) is 0 Å². The third-order valence-electron chi connectivity index (χ3n) is 2.94. The molecule has 0 saturated carbocycles. The zero-order valence-corrected chi connectivity index (χ0v) is 9.83. The average Bonchev–Trinajstić information content (AvgIpc) is 2.76. The molecule has 18 heavy (non-hydrogen) atoms. The van der Waals surface area contributed by atoms with Gasteiger partial charge in [-0.25, -0.2) is 10.5 Å². The number of benzene rings is 1. The third-order valence-corrected chi connectivity index (χ3v) is 2.94. The summed E-state index contributed by atoms with van der Waals surface area (Å²) in [6, 6.07) is 11.9. The molecule has 0 aliphatic heterocycles. The van der Waals surface area contributed by atoms with E-state index in [1.807, 2.05) is 43.4 Å². The highest BCUT2D eigenvalue weighted by Gasteiger charge is 2.08. The van der Waals surface area contributed by atoms with E-state index in [9.17, 15) is 0 Å². The normalized spacial score (nSPS) is 10.8. The summed E-state index contributed by atoms with van der Waals surface area (Å²) in [5, 5.41) is 8.95. The first-order valence-electron chi connectivity index (χ1n) is 5.57. The van der Waals surface area contributed by atoms with Gasteiger partial charge in [0.25, 0.3) is 0 Å². The van der Waals surface area contributed by atoms with Crippen molar-refractivity contribution in [1.82, 2.24) is 14.5 Å². The Morgan fingerprint density at radius 3 is 2.72 bits per heavy atom. The van der Waals surface area contributed by atoms with Gasteiger partial charge in [0, 0.05) is 12.6 Å². The van der Waals surface area contributed by atoms with Crippen LogP contribution >= 0.6 is 0 Å². The lowest BCUT2D eigenvalue weighted by molar-refractivity contribution is 0.380. The molecular formula is C13H12N4O. The number of fused-ring (bicyclic) bond motifs is 1. The van der Waals surface area contributed by atoms with E-state index in [0.29, 0.717) is 5.95 Å². The van der Waals surface area contributed by atoms with Gasteiger partial charge in [-0.15, -0.1) is 0 Å². The summed E-state index contributed by atoms with van der Waals surface area (Å²) in [5.74, 6) is 0.400. The Bertz CT molecular complexity index is 691. The Morgan fingerprint density at radius 1 is 1.22 bits per heavy atom. The maximum absolute atomic E-state index is 8.95. The lowest BCUT2D eigenvalue weighted by atomic mass is 10.1. The average molecular weight is 240 g/mol. The van der Waals surface area contributed by atoms with E-state index >= 15 is 0 Å². The molecule has 5 nitrogen and oxygen atoms in total. The molecule has 0 atom stereocenters. The van der Waals surface area contributed by atoms with Gasteiger partial charge in [-0.2, -0.15) is 0 Å². The fourth-order valence-electron chi connectivity index (χ4n) is 1.96. The number of nitrogens with one attached hydrogen (secondary N) is 1. The predicted octanol–water partition coefficient (Wildman–Crippen LogP) is 2.44. The first-order chi connectivity index (χ1) is 8.79.